The van der Waals surface area contributed by atoms with Gasteiger partial charge in [0.05, 0.1) is 10.6 Å². The first kappa shape index (κ1) is 19.9. The van der Waals surface area contributed by atoms with Gasteiger partial charge in [-0.05, 0) is 37.1 Å². The second kappa shape index (κ2) is 8.12. The summed E-state index contributed by atoms with van der Waals surface area (Å²) in [4.78, 5) is 0.151. The van der Waals surface area contributed by atoms with Crippen LogP contribution >= 0.6 is 0 Å². The smallest absolute Gasteiger partial charge is 0.240 e. The molecular formula is C15H25NO5S2. The van der Waals surface area contributed by atoms with Gasteiger partial charge in [0.25, 0.3) is 0 Å². The van der Waals surface area contributed by atoms with Gasteiger partial charge in [-0.1, -0.05) is 20.8 Å². The fourth-order valence-electron chi connectivity index (χ4n) is 1.59. The number of sulfonamides is 1. The zero-order valence-electron chi connectivity index (χ0n) is 13.9. The van der Waals surface area contributed by atoms with Crippen molar-refractivity contribution >= 4 is 19.9 Å². The maximum atomic E-state index is 12.2. The van der Waals surface area contributed by atoms with Crippen LogP contribution in [-0.4, -0.2) is 41.0 Å². The van der Waals surface area contributed by atoms with Crippen molar-refractivity contribution in [2.24, 2.45) is 5.92 Å². The van der Waals surface area contributed by atoms with E-state index in [9.17, 15) is 16.8 Å². The van der Waals surface area contributed by atoms with Gasteiger partial charge in [-0.2, -0.15) is 0 Å². The summed E-state index contributed by atoms with van der Waals surface area (Å²) in [6.07, 6.45) is 0. The summed E-state index contributed by atoms with van der Waals surface area (Å²) in [7, 11) is -6.64. The quantitative estimate of drug-likeness (QED) is 0.723. The number of benzene rings is 1. The third-order valence-electron chi connectivity index (χ3n) is 3.58. The third kappa shape index (κ3) is 6.48. The average molecular weight is 364 g/mol. The number of sulfone groups is 1. The number of ether oxygens (including phenoxy) is 1. The molecule has 8 heteroatoms. The monoisotopic (exact) mass is 363 g/mol. The van der Waals surface area contributed by atoms with Crippen molar-refractivity contribution in [1.29, 1.82) is 0 Å². The van der Waals surface area contributed by atoms with E-state index in [1.165, 1.54) is 24.3 Å². The van der Waals surface area contributed by atoms with Crippen molar-refractivity contribution in [3.63, 3.8) is 0 Å². The van der Waals surface area contributed by atoms with E-state index in [1.807, 2.05) is 20.8 Å². The van der Waals surface area contributed by atoms with E-state index < -0.39 is 19.9 Å². The molecule has 0 aliphatic rings. The van der Waals surface area contributed by atoms with E-state index in [0.717, 1.165) is 0 Å². The first-order valence-electron chi connectivity index (χ1n) is 7.53. The van der Waals surface area contributed by atoms with Crippen LogP contribution < -0.4 is 9.46 Å². The van der Waals surface area contributed by atoms with Crippen molar-refractivity contribution in [3.05, 3.63) is 24.3 Å². The van der Waals surface area contributed by atoms with Gasteiger partial charge in [-0.15, -0.1) is 0 Å². The Kier molecular flexibility index (Phi) is 7.03. The third-order valence-corrected chi connectivity index (χ3v) is 6.82. The largest absolute Gasteiger partial charge is 0.493 e. The zero-order chi connectivity index (χ0) is 17.7. The lowest BCUT2D eigenvalue weighted by Crippen LogP contribution is -2.36. The van der Waals surface area contributed by atoms with Crippen LogP contribution in [0.25, 0.3) is 0 Å². The summed E-state index contributed by atoms with van der Waals surface area (Å²) >= 11 is 0. The van der Waals surface area contributed by atoms with Gasteiger partial charge in [0.1, 0.15) is 12.4 Å². The summed E-state index contributed by atoms with van der Waals surface area (Å²) in [6.45, 7) is 7.32. The molecule has 0 heterocycles. The molecule has 0 spiro atoms. The van der Waals surface area contributed by atoms with Crippen LogP contribution in [0.3, 0.4) is 0 Å². The van der Waals surface area contributed by atoms with Gasteiger partial charge in [-0.3, -0.25) is 0 Å². The standard InChI is InChI=1S/C15H25NO5S2/c1-5-22(17,18)11-10-21-14-6-8-15(9-7-14)23(19,20)16-13(4)12(2)3/h6-9,12-13,16H,5,10-11H2,1-4H3/t13-/m0/s1. The Labute approximate surface area is 139 Å². The lowest BCUT2D eigenvalue weighted by molar-refractivity contribution is 0.340. The summed E-state index contributed by atoms with van der Waals surface area (Å²) in [5.41, 5.74) is 0. The Hall–Kier alpha value is -1.12. The molecule has 0 unspecified atom stereocenters. The van der Waals surface area contributed by atoms with Crippen LogP contribution in [0.4, 0.5) is 0 Å². The van der Waals surface area contributed by atoms with E-state index in [4.69, 9.17) is 4.74 Å². The SMILES string of the molecule is CCS(=O)(=O)CCOc1ccc(S(=O)(=O)N[C@@H](C)C(C)C)cc1. The summed E-state index contributed by atoms with van der Waals surface area (Å²) in [5, 5.41) is 0. The second-order valence-electron chi connectivity index (χ2n) is 5.71. The minimum Gasteiger partial charge on any atom is -0.493 e. The Balaban J connectivity index is 2.69. The second-order valence-corrected chi connectivity index (χ2v) is 9.90. The van der Waals surface area contributed by atoms with Crippen LogP contribution in [0.1, 0.15) is 27.7 Å². The Bertz CT molecular complexity index is 694. The molecule has 0 radical (unpaired) electrons. The van der Waals surface area contributed by atoms with Crippen LogP contribution in [-0.2, 0) is 19.9 Å². The van der Waals surface area contributed by atoms with E-state index in [1.54, 1.807) is 6.92 Å². The number of rotatable bonds is 9. The van der Waals surface area contributed by atoms with Crippen LogP contribution in [0, 0.1) is 5.92 Å². The number of nitrogens with one attached hydrogen (secondary N) is 1. The summed E-state index contributed by atoms with van der Waals surface area (Å²) < 4.78 is 55.1. The fourth-order valence-corrected chi connectivity index (χ4v) is 3.61. The molecule has 0 saturated heterocycles. The van der Waals surface area contributed by atoms with Crippen LogP contribution in [0.5, 0.6) is 5.75 Å². The maximum absolute atomic E-state index is 12.2. The topological polar surface area (TPSA) is 89.5 Å². The number of hydrogen-bond acceptors (Lipinski definition) is 5. The highest BCUT2D eigenvalue weighted by atomic mass is 32.2. The molecule has 6 nitrogen and oxygen atoms in total. The lowest BCUT2D eigenvalue weighted by Gasteiger charge is -2.17. The summed E-state index contributed by atoms with van der Waals surface area (Å²) in [6, 6.07) is 5.76. The van der Waals surface area contributed by atoms with Crippen molar-refractivity contribution in [1.82, 2.24) is 4.72 Å². The van der Waals surface area contributed by atoms with Gasteiger partial charge in [0, 0.05) is 11.8 Å². The van der Waals surface area contributed by atoms with Crippen molar-refractivity contribution in [3.8, 4) is 5.75 Å². The lowest BCUT2D eigenvalue weighted by atomic mass is 10.1. The minimum atomic E-state index is -3.57. The minimum absolute atomic E-state index is 0.0465. The van der Waals surface area contributed by atoms with E-state index in [2.05, 4.69) is 4.72 Å². The first-order valence-corrected chi connectivity index (χ1v) is 10.8. The van der Waals surface area contributed by atoms with Gasteiger partial charge < -0.3 is 4.74 Å². The molecule has 1 aromatic rings. The van der Waals surface area contributed by atoms with E-state index in [-0.39, 0.29) is 35.0 Å². The highest BCUT2D eigenvalue weighted by molar-refractivity contribution is 7.91. The predicted molar refractivity (Wildman–Crippen MR) is 90.9 cm³/mol. The highest BCUT2D eigenvalue weighted by Gasteiger charge is 2.19. The molecule has 132 valence electrons. The maximum Gasteiger partial charge on any atom is 0.240 e. The zero-order valence-corrected chi connectivity index (χ0v) is 15.6. The van der Waals surface area contributed by atoms with Crippen LogP contribution in [0.15, 0.2) is 29.2 Å². The Morgan fingerprint density at radius 1 is 1.04 bits per heavy atom. The number of hydrogen-bond donors (Lipinski definition) is 1. The molecule has 1 N–H and O–H groups in total. The van der Waals surface area contributed by atoms with E-state index in [0.29, 0.717) is 5.75 Å². The van der Waals surface area contributed by atoms with Crippen LogP contribution in [0.2, 0.25) is 0 Å². The normalized spacial score (nSPS) is 14.0. The molecule has 1 rings (SSSR count). The van der Waals surface area contributed by atoms with Gasteiger partial charge >= 0.3 is 0 Å². The molecule has 0 aliphatic carbocycles. The van der Waals surface area contributed by atoms with Crippen molar-refractivity contribution in [2.45, 2.75) is 38.6 Å². The highest BCUT2D eigenvalue weighted by Crippen LogP contribution is 2.17. The molecule has 0 aliphatic heterocycles. The van der Waals surface area contributed by atoms with Crippen molar-refractivity contribution in [2.75, 3.05) is 18.1 Å². The fraction of sp³-hybridized carbons (Fsp3) is 0.600. The predicted octanol–water partition coefficient (Wildman–Crippen LogP) is 1.82. The van der Waals surface area contributed by atoms with Gasteiger partial charge in [0.15, 0.2) is 9.84 Å². The van der Waals surface area contributed by atoms with E-state index >= 15 is 0 Å². The molecule has 23 heavy (non-hydrogen) atoms. The molecule has 1 aromatic carbocycles. The summed E-state index contributed by atoms with van der Waals surface area (Å²) in [5.74, 6) is 0.643. The molecule has 0 fully saturated rings. The molecule has 0 aromatic heterocycles. The van der Waals surface area contributed by atoms with Gasteiger partial charge in [0.2, 0.25) is 10.0 Å². The first-order chi connectivity index (χ1) is 10.6. The molecule has 0 amide bonds. The molecule has 0 bridgehead atoms. The average Bonchev–Trinajstić information content (AvgIpc) is 2.47. The molecule has 0 saturated carbocycles. The van der Waals surface area contributed by atoms with Gasteiger partial charge in [-0.25, -0.2) is 21.6 Å². The Morgan fingerprint density at radius 2 is 1.61 bits per heavy atom. The van der Waals surface area contributed by atoms with Crippen molar-refractivity contribution < 1.29 is 21.6 Å². The Morgan fingerprint density at radius 3 is 2.09 bits per heavy atom. The molecular weight excluding hydrogens is 338 g/mol. The molecule has 1 atom stereocenters.